The van der Waals surface area contributed by atoms with Crippen LogP contribution in [0.3, 0.4) is 0 Å². The van der Waals surface area contributed by atoms with Gasteiger partial charge in [-0.2, -0.15) is 0 Å². The van der Waals surface area contributed by atoms with Crippen molar-refractivity contribution < 1.29 is 0 Å². The third-order valence-electron chi connectivity index (χ3n) is 6.08. The molecule has 2 aliphatic carbocycles. The molecule has 1 fully saturated rings. The van der Waals surface area contributed by atoms with Crippen LogP contribution in [0.5, 0.6) is 0 Å². The van der Waals surface area contributed by atoms with E-state index in [0.717, 1.165) is 5.92 Å². The second-order valence-electron chi connectivity index (χ2n) is 7.13. The Morgan fingerprint density at radius 3 is 2.70 bits per heavy atom. The molecule has 1 heteroatoms. The Morgan fingerprint density at radius 1 is 1.15 bits per heavy atom. The van der Waals surface area contributed by atoms with Gasteiger partial charge in [0.2, 0.25) is 0 Å². The Morgan fingerprint density at radius 2 is 1.90 bits per heavy atom. The van der Waals surface area contributed by atoms with E-state index in [1.165, 1.54) is 56.1 Å². The molecule has 1 saturated carbocycles. The molecule has 0 amide bonds. The lowest BCUT2D eigenvalue weighted by Gasteiger charge is -2.48. The van der Waals surface area contributed by atoms with Gasteiger partial charge in [0.05, 0.1) is 0 Å². The van der Waals surface area contributed by atoms with Gasteiger partial charge in [-0.15, -0.1) is 0 Å². The molecule has 4 unspecified atom stereocenters. The first kappa shape index (κ1) is 14.1. The maximum absolute atomic E-state index is 7.07. The van der Waals surface area contributed by atoms with Gasteiger partial charge in [-0.3, -0.25) is 0 Å². The van der Waals surface area contributed by atoms with Crippen LogP contribution in [-0.4, -0.2) is 0 Å². The molecule has 0 bridgehead atoms. The van der Waals surface area contributed by atoms with Crippen LogP contribution in [0.1, 0.15) is 75.8 Å². The number of rotatable bonds is 2. The lowest BCUT2D eigenvalue weighted by atomic mass is 9.60. The standard InChI is InChI=1S/C19H29N/c1-3-15-8-4-6-10-17(15)19(20)13-12-14(2)16-9-5-7-11-18(16)19/h5,7,9,11,14-15,17H,3-4,6,8,10,12-13,20H2,1-2H3. The van der Waals surface area contributed by atoms with Gasteiger partial charge in [-0.1, -0.05) is 63.8 Å². The van der Waals surface area contributed by atoms with Crippen molar-refractivity contribution in [1.29, 1.82) is 0 Å². The summed E-state index contributed by atoms with van der Waals surface area (Å²) >= 11 is 0. The number of fused-ring (bicyclic) bond motifs is 1. The molecule has 1 aromatic carbocycles. The highest BCUT2D eigenvalue weighted by Gasteiger charge is 2.44. The Labute approximate surface area is 124 Å². The maximum Gasteiger partial charge on any atom is 0.0443 e. The fraction of sp³-hybridized carbons (Fsp3) is 0.684. The second kappa shape index (κ2) is 5.52. The summed E-state index contributed by atoms with van der Waals surface area (Å²) in [7, 11) is 0. The van der Waals surface area contributed by atoms with Crippen LogP contribution in [-0.2, 0) is 5.54 Å². The van der Waals surface area contributed by atoms with E-state index in [2.05, 4.69) is 38.1 Å². The minimum atomic E-state index is -0.0653. The van der Waals surface area contributed by atoms with E-state index in [-0.39, 0.29) is 5.54 Å². The largest absolute Gasteiger partial charge is 0.321 e. The zero-order chi connectivity index (χ0) is 14.2. The van der Waals surface area contributed by atoms with Crippen LogP contribution >= 0.6 is 0 Å². The first-order chi connectivity index (χ1) is 9.66. The predicted molar refractivity (Wildman–Crippen MR) is 85.7 cm³/mol. The minimum absolute atomic E-state index is 0.0653. The molecule has 0 saturated heterocycles. The molecule has 1 nitrogen and oxygen atoms in total. The Kier molecular flexibility index (Phi) is 3.90. The smallest absolute Gasteiger partial charge is 0.0443 e. The zero-order valence-electron chi connectivity index (χ0n) is 13.1. The summed E-state index contributed by atoms with van der Waals surface area (Å²) in [5.74, 6) is 2.19. The van der Waals surface area contributed by atoms with E-state index >= 15 is 0 Å². The Hall–Kier alpha value is -0.820. The highest BCUT2D eigenvalue weighted by molar-refractivity contribution is 5.39. The average Bonchev–Trinajstić information content (AvgIpc) is 2.51. The van der Waals surface area contributed by atoms with E-state index in [0.29, 0.717) is 11.8 Å². The molecule has 4 atom stereocenters. The Balaban J connectivity index is 2.01. The van der Waals surface area contributed by atoms with Gasteiger partial charge in [-0.25, -0.2) is 0 Å². The van der Waals surface area contributed by atoms with Gasteiger partial charge in [-0.05, 0) is 48.1 Å². The van der Waals surface area contributed by atoms with Crippen molar-refractivity contribution in [2.75, 3.05) is 0 Å². The van der Waals surface area contributed by atoms with Crippen LogP contribution in [0.15, 0.2) is 24.3 Å². The summed E-state index contributed by atoms with van der Waals surface area (Å²) in [4.78, 5) is 0. The molecule has 2 N–H and O–H groups in total. The van der Waals surface area contributed by atoms with Gasteiger partial charge in [0.15, 0.2) is 0 Å². The van der Waals surface area contributed by atoms with Crippen molar-refractivity contribution in [3.63, 3.8) is 0 Å². The Bertz CT molecular complexity index is 467. The number of hydrogen-bond donors (Lipinski definition) is 1. The summed E-state index contributed by atoms with van der Waals surface area (Å²) in [6.07, 6.45) is 9.21. The topological polar surface area (TPSA) is 26.0 Å². The summed E-state index contributed by atoms with van der Waals surface area (Å²) in [6, 6.07) is 8.98. The van der Waals surface area contributed by atoms with Gasteiger partial charge in [0, 0.05) is 5.54 Å². The molecule has 20 heavy (non-hydrogen) atoms. The monoisotopic (exact) mass is 271 g/mol. The fourth-order valence-corrected chi connectivity index (χ4v) is 4.86. The van der Waals surface area contributed by atoms with Crippen LogP contribution in [0.25, 0.3) is 0 Å². The summed E-state index contributed by atoms with van der Waals surface area (Å²) in [5, 5.41) is 0. The highest BCUT2D eigenvalue weighted by Crippen LogP contribution is 2.50. The fourth-order valence-electron chi connectivity index (χ4n) is 4.86. The highest BCUT2D eigenvalue weighted by atomic mass is 14.8. The normalized spacial score (nSPS) is 37.5. The first-order valence-corrected chi connectivity index (χ1v) is 8.55. The van der Waals surface area contributed by atoms with Crippen LogP contribution in [0, 0.1) is 11.8 Å². The van der Waals surface area contributed by atoms with E-state index in [1.54, 1.807) is 0 Å². The molecule has 110 valence electrons. The summed E-state index contributed by atoms with van der Waals surface area (Å²) < 4.78 is 0. The molecule has 0 aromatic heterocycles. The number of nitrogens with two attached hydrogens (primary N) is 1. The minimum Gasteiger partial charge on any atom is -0.321 e. The molecule has 1 aromatic rings. The lowest BCUT2D eigenvalue weighted by molar-refractivity contribution is 0.108. The van der Waals surface area contributed by atoms with Crippen molar-refractivity contribution in [3.8, 4) is 0 Å². The summed E-state index contributed by atoms with van der Waals surface area (Å²) in [5.41, 5.74) is 9.99. The molecule has 0 radical (unpaired) electrons. The predicted octanol–water partition coefficient (Wildman–Crippen LogP) is 4.95. The molecular weight excluding hydrogens is 242 g/mol. The van der Waals surface area contributed by atoms with E-state index in [4.69, 9.17) is 5.73 Å². The van der Waals surface area contributed by atoms with Crippen molar-refractivity contribution in [1.82, 2.24) is 0 Å². The SMILES string of the molecule is CCC1CCCCC1C1(N)CCC(C)c2ccccc21. The van der Waals surface area contributed by atoms with Crippen LogP contribution in [0.2, 0.25) is 0 Å². The average molecular weight is 271 g/mol. The first-order valence-electron chi connectivity index (χ1n) is 8.55. The molecular formula is C19H29N. The third kappa shape index (κ3) is 2.20. The number of hydrogen-bond acceptors (Lipinski definition) is 1. The lowest BCUT2D eigenvalue weighted by Crippen LogP contribution is -2.50. The van der Waals surface area contributed by atoms with Crippen LogP contribution in [0.4, 0.5) is 0 Å². The van der Waals surface area contributed by atoms with E-state index in [1.807, 2.05) is 0 Å². The van der Waals surface area contributed by atoms with Gasteiger partial charge < -0.3 is 5.73 Å². The molecule has 0 aliphatic heterocycles. The van der Waals surface area contributed by atoms with Crippen LogP contribution < -0.4 is 5.73 Å². The molecule has 3 rings (SSSR count). The molecule has 0 heterocycles. The van der Waals surface area contributed by atoms with Crippen molar-refractivity contribution in [2.24, 2.45) is 17.6 Å². The van der Waals surface area contributed by atoms with Gasteiger partial charge in [0.25, 0.3) is 0 Å². The van der Waals surface area contributed by atoms with Crippen molar-refractivity contribution in [3.05, 3.63) is 35.4 Å². The van der Waals surface area contributed by atoms with E-state index in [9.17, 15) is 0 Å². The second-order valence-corrected chi connectivity index (χ2v) is 7.13. The van der Waals surface area contributed by atoms with E-state index < -0.39 is 0 Å². The van der Waals surface area contributed by atoms with Crippen molar-refractivity contribution in [2.45, 2.75) is 70.3 Å². The maximum atomic E-state index is 7.07. The zero-order valence-corrected chi connectivity index (χ0v) is 13.1. The summed E-state index contributed by atoms with van der Waals surface area (Å²) in [6.45, 7) is 4.71. The molecule has 2 aliphatic rings. The van der Waals surface area contributed by atoms with Crippen molar-refractivity contribution >= 4 is 0 Å². The third-order valence-corrected chi connectivity index (χ3v) is 6.08. The number of benzene rings is 1. The van der Waals surface area contributed by atoms with Gasteiger partial charge in [0.1, 0.15) is 0 Å². The molecule has 0 spiro atoms. The van der Waals surface area contributed by atoms with Gasteiger partial charge >= 0.3 is 0 Å². The quantitative estimate of drug-likeness (QED) is 0.809.